The number of carboxylic acids is 1. The molecule has 2 N–H and O–H groups in total. The SMILES string of the molecule is C.C=C(CC1CCC(C)C(C/C=C\CC)C1)OC.CC/C=C\CC1C(O)CCC1CC(=O)O. The zero-order valence-corrected chi connectivity index (χ0v) is 21.0. The highest BCUT2D eigenvalue weighted by molar-refractivity contribution is 5.67. The van der Waals surface area contributed by atoms with Crippen LogP contribution in [0.3, 0.4) is 0 Å². The van der Waals surface area contributed by atoms with E-state index in [1.807, 2.05) is 0 Å². The monoisotopic (exact) mass is 464 g/mol. The van der Waals surface area contributed by atoms with E-state index in [-0.39, 0.29) is 31.8 Å². The lowest BCUT2D eigenvalue weighted by Crippen LogP contribution is -2.23. The number of methoxy groups -OCH3 is 1. The Kier molecular flexibility index (Phi) is 17.0. The molecule has 0 aliphatic heterocycles. The molecule has 0 aromatic carbocycles. The molecule has 33 heavy (non-hydrogen) atoms. The lowest BCUT2D eigenvalue weighted by Gasteiger charge is -2.34. The van der Waals surface area contributed by atoms with Crippen molar-refractivity contribution in [2.45, 2.75) is 105 Å². The van der Waals surface area contributed by atoms with Gasteiger partial charge < -0.3 is 14.9 Å². The van der Waals surface area contributed by atoms with Crippen LogP contribution in [-0.4, -0.2) is 29.4 Å². The third kappa shape index (κ3) is 12.5. The molecule has 0 heterocycles. The second-order valence-corrected chi connectivity index (χ2v) is 9.76. The van der Waals surface area contributed by atoms with Gasteiger partial charge in [0.2, 0.25) is 0 Å². The van der Waals surface area contributed by atoms with Crippen molar-refractivity contribution in [3.8, 4) is 0 Å². The highest BCUT2D eigenvalue weighted by Crippen LogP contribution is 2.38. The van der Waals surface area contributed by atoms with E-state index >= 15 is 0 Å². The summed E-state index contributed by atoms with van der Waals surface area (Å²) >= 11 is 0. The summed E-state index contributed by atoms with van der Waals surface area (Å²) < 4.78 is 5.21. The fraction of sp³-hybridized carbons (Fsp3) is 0.759. The molecule has 2 rings (SSSR count). The molecule has 6 unspecified atom stereocenters. The lowest BCUT2D eigenvalue weighted by molar-refractivity contribution is -0.138. The minimum atomic E-state index is -0.751. The largest absolute Gasteiger partial charge is 0.502 e. The Bertz CT molecular complexity index is 594. The van der Waals surface area contributed by atoms with E-state index in [1.165, 1.54) is 25.7 Å². The zero-order valence-electron chi connectivity index (χ0n) is 21.0. The maximum atomic E-state index is 10.6. The quantitative estimate of drug-likeness (QED) is 0.242. The van der Waals surface area contributed by atoms with Crippen molar-refractivity contribution in [3.63, 3.8) is 0 Å². The molecule has 0 spiro atoms. The number of ether oxygens (including phenoxy) is 1. The maximum absolute atomic E-state index is 10.6. The van der Waals surface area contributed by atoms with Crippen LogP contribution in [-0.2, 0) is 9.53 Å². The van der Waals surface area contributed by atoms with Gasteiger partial charge in [-0.3, -0.25) is 4.79 Å². The zero-order chi connectivity index (χ0) is 23.9. The van der Waals surface area contributed by atoms with Crippen LogP contribution >= 0.6 is 0 Å². The number of hydrogen-bond acceptors (Lipinski definition) is 3. The Morgan fingerprint density at radius 1 is 0.970 bits per heavy atom. The lowest BCUT2D eigenvalue weighted by atomic mass is 9.72. The third-order valence-electron chi connectivity index (χ3n) is 7.30. The second kappa shape index (κ2) is 17.9. The Balaban J connectivity index is 0.000000607. The highest BCUT2D eigenvalue weighted by atomic mass is 16.5. The molecule has 0 aromatic rings. The Morgan fingerprint density at radius 2 is 1.61 bits per heavy atom. The number of aliphatic carboxylic acids is 1. The molecule has 2 saturated carbocycles. The van der Waals surface area contributed by atoms with Gasteiger partial charge in [0.15, 0.2) is 0 Å². The smallest absolute Gasteiger partial charge is 0.303 e. The van der Waals surface area contributed by atoms with E-state index in [4.69, 9.17) is 9.84 Å². The fourth-order valence-corrected chi connectivity index (χ4v) is 5.24. The van der Waals surface area contributed by atoms with Crippen LogP contribution in [0.25, 0.3) is 0 Å². The summed E-state index contributed by atoms with van der Waals surface area (Å²) in [5.74, 6) is 3.03. The van der Waals surface area contributed by atoms with Crippen LogP contribution in [0.2, 0.25) is 0 Å². The standard InChI is InChI=1S/C16H28O.C12H20O3.CH4/c1-5-6-7-8-16-12-15(10-9-13(16)2)11-14(3)17-4;1-2-3-4-5-10-9(8-12(14)15)6-7-11(10)13;/h6-7,13,15-16H,3,5,8-12H2,1-2,4H3;3-4,9-11,13H,2,5-8H2,1H3,(H,14,15);1H4/b7-6-;4-3-;. The van der Waals surface area contributed by atoms with Crippen LogP contribution in [0.5, 0.6) is 0 Å². The molecule has 2 aliphatic rings. The highest BCUT2D eigenvalue weighted by Gasteiger charge is 2.35. The van der Waals surface area contributed by atoms with Gasteiger partial charge >= 0.3 is 5.97 Å². The minimum absolute atomic E-state index is 0. The van der Waals surface area contributed by atoms with Crippen molar-refractivity contribution < 1.29 is 19.7 Å². The van der Waals surface area contributed by atoms with Crippen LogP contribution < -0.4 is 0 Å². The number of aliphatic hydroxyl groups excluding tert-OH is 1. The molecule has 4 heteroatoms. The predicted molar refractivity (Wildman–Crippen MR) is 140 cm³/mol. The summed E-state index contributed by atoms with van der Waals surface area (Å²) in [5.41, 5.74) is 0. The van der Waals surface area contributed by atoms with Gasteiger partial charge in [-0.2, -0.15) is 0 Å². The molecule has 0 amide bonds. The summed E-state index contributed by atoms with van der Waals surface area (Å²) in [6.07, 6.45) is 19.6. The minimum Gasteiger partial charge on any atom is -0.502 e. The fourth-order valence-electron chi connectivity index (χ4n) is 5.24. The molecular weight excluding hydrogens is 412 g/mol. The van der Waals surface area contributed by atoms with E-state index in [0.29, 0.717) is 0 Å². The first-order valence-electron chi connectivity index (χ1n) is 12.7. The molecule has 6 atom stereocenters. The van der Waals surface area contributed by atoms with Gasteiger partial charge in [-0.1, -0.05) is 65.5 Å². The molecule has 192 valence electrons. The summed E-state index contributed by atoms with van der Waals surface area (Å²) in [7, 11) is 1.73. The van der Waals surface area contributed by atoms with Gasteiger partial charge in [-0.15, -0.1) is 0 Å². The second-order valence-electron chi connectivity index (χ2n) is 9.76. The van der Waals surface area contributed by atoms with Crippen molar-refractivity contribution in [1.29, 1.82) is 0 Å². The first-order valence-corrected chi connectivity index (χ1v) is 12.7. The number of carboxylic acid groups (broad SMARTS) is 1. The van der Waals surface area contributed by atoms with Crippen LogP contribution in [0, 0.1) is 29.6 Å². The molecule has 2 fully saturated rings. The Labute approximate surface area is 204 Å². The van der Waals surface area contributed by atoms with Crippen LogP contribution in [0.4, 0.5) is 0 Å². The Hall–Kier alpha value is -1.55. The van der Waals surface area contributed by atoms with Crippen molar-refractivity contribution >= 4 is 5.97 Å². The number of carbonyl (C=O) groups is 1. The third-order valence-corrected chi connectivity index (χ3v) is 7.30. The van der Waals surface area contributed by atoms with E-state index < -0.39 is 5.97 Å². The number of allylic oxidation sites excluding steroid dienone is 5. The van der Waals surface area contributed by atoms with Crippen molar-refractivity contribution in [2.75, 3.05) is 7.11 Å². The predicted octanol–water partition coefficient (Wildman–Crippen LogP) is 7.79. The molecule has 2 aliphatic carbocycles. The van der Waals surface area contributed by atoms with Crippen LogP contribution in [0.15, 0.2) is 36.6 Å². The molecule has 0 saturated heterocycles. The van der Waals surface area contributed by atoms with E-state index in [0.717, 1.165) is 62.0 Å². The van der Waals surface area contributed by atoms with E-state index in [2.05, 4.69) is 51.7 Å². The average Bonchev–Trinajstić information content (AvgIpc) is 3.09. The summed E-state index contributed by atoms with van der Waals surface area (Å²) in [4.78, 5) is 10.6. The Morgan fingerprint density at radius 3 is 2.18 bits per heavy atom. The summed E-state index contributed by atoms with van der Waals surface area (Å²) in [5, 5.41) is 18.5. The van der Waals surface area contributed by atoms with Gasteiger partial charge in [0.05, 0.1) is 19.0 Å². The molecule has 0 aromatic heterocycles. The molecular formula is C29H52O4. The van der Waals surface area contributed by atoms with Gasteiger partial charge in [0.1, 0.15) is 0 Å². The van der Waals surface area contributed by atoms with Crippen molar-refractivity contribution in [1.82, 2.24) is 0 Å². The van der Waals surface area contributed by atoms with E-state index in [1.54, 1.807) is 7.11 Å². The molecule has 0 radical (unpaired) electrons. The molecule has 0 bridgehead atoms. The van der Waals surface area contributed by atoms with Crippen molar-refractivity contribution in [2.24, 2.45) is 29.6 Å². The summed E-state index contributed by atoms with van der Waals surface area (Å²) in [6.45, 7) is 10.6. The van der Waals surface area contributed by atoms with E-state index in [9.17, 15) is 9.90 Å². The van der Waals surface area contributed by atoms with Crippen LogP contribution in [0.1, 0.15) is 98.8 Å². The normalized spacial score (nSPS) is 29.4. The first-order chi connectivity index (χ1) is 15.3. The van der Waals surface area contributed by atoms with Gasteiger partial charge in [-0.05, 0) is 81.0 Å². The summed E-state index contributed by atoms with van der Waals surface area (Å²) in [6, 6.07) is 0. The number of rotatable bonds is 11. The maximum Gasteiger partial charge on any atom is 0.303 e. The number of aliphatic hydroxyl groups is 1. The number of hydrogen-bond donors (Lipinski definition) is 2. The van der Waals surface area contributed by atoms with Gasteiger partial charge in [0, 0.05) is 12.8 Å². The average molecular weight is 465 g/mol. The van der Waals surface area contributed by atoms with Gasteiger partial charge in [-0.25, -0.2) is 0 Å². The van der Waals surface area contributed by atoms with Gasteiger partial charge in [0.25, 0.3) is 0 Å². The first kappa shape index (κ1) is 31.4. The topological polar surface area (TPSA) is 66.8 Å². The molecule has 4 nitrogen and oxygen atoms in total. The van der Waals surface area contributed by atoms with Crippen molar-refractivity contribution in [3.05, 3.63) is 36.6 Å².